The molecule has 0 bridgehead atoms. The van der Waals surface area contributed by atoms with Gasteiger partial charge < -0.3 is 4.74 Å². The Labute approximate surface area is 106 Å². The predicted octanol–water partition coefficient (Wildman–Crippen LogP) is 4.39. The summed E-state index contributed by atoms with van der Waals surface area (Å²) in [6.07, 6.45) is 0. The first kappa shape index (κ1) is 13.0. The first-order chi connectivity index (χ1) is 6.94. The number of halogens is 3. The van der Waals surface area contributed by atoms with E-state index in [1.807, 2.05) is 0 Å². The SMILES string of the molecule is CC(C)(CBr)COc1cc(F)ccc1Br. The summed E-state index contributed by atoms with van der Waals surface area (Å²) >= 11 is 6.73. The maximum atomic E-state index is 12.9. The standard InChI is InChI=1S/C11H13Br2FO/c1-11(2,6-12)7-15-10-5-8(14)3-4-9(10)13/h3-5H,6-7H2,1-2H3. The molecule has 4 heteroatoms. The second-order valence-electron chi connectivity index (χ2n) is 4.16. The van der Waals surface area contributed by atoms with Crippen molar-refractivity contribution in [1.82, 2.24) is 0 Å². The highest BCUT2D eigenvalue weighted by Crippen LogP contribution is 2.28. The lowest BCUT2D eigenvalue weighted by atomic mass is 9.98. The molecule has 0 aromatic heterocycles. The molecule has 84 valence electrons. The van der Waals surface area contributed by atoms with Gasteiger partial charge in [-0.15, -0.1) is 0 Å². The maximum absolute atomic E-state index is 12.9. The Kier molecular flexibility index (Phi) is 4.59. The first-order valence-electron chi connectivity index (χ1n) is 4.58. The van der Waals surface area contributed by atoms with Crippen molar-refractivity contribution >= 4 is 31.9 Å². The highest BCUT2D eigenvalue weighted by molar-refractivity contribution is 9.10. The van der Waals surface area contributed by atoms with Gasteiger partial charge in [0.15, 0.2) is 0 Å². The fourth-order valence-electron chi connectivity index (χ4n) is 0.900. The summed E-state index contributed by atoms with van der Waals surface area (Å²) < 4.78 is 19.3. The van der Waals surface area contributed by atoms with Crippen molar-refractivity contribution in [2.75, 3.05) is 11.9 Å². The molecule has 0 unspecified atom stereocenters. The Morgan fingerprint density at radius 1 is 1.40 bits per heavy atom. The monoisotopic (exact) mass is 338 g/mol. The zero-order valence-electron chi connectivity index (χ0n) is 8.69. The van der Waals surface area contributed by atoms with Crippen LogP contribution in [0.1, 0.15) is 13.8 Å². The third kappa shape index (κ3) is 4.11. The van der Waals surface area contributed by atoms with Crippen molar-refractivity contribution in [2.24, 2.45) is 5.41 Å². The van der Waals surface area contributed by atoms with Crippen LogP contribution < -0.4 is 4.74 Å². The Bertz CT molecular complexity index is 339. The van der Waals surface area contributed by atoms with E-state index in [4.69, 9.17) is 4.74 Å². The van der Waals surface area contributed by atoms with Crippen LogP contribution in [0.25, 0.3) is 0 Å². The van der Waals surface area contributed by atoms with Crippen molar-refractivity contribution in [3.8, 4) is 5.75 Å². The van der Waals surface area contributed by atoms with Gasteiger partial charge in [-0.05, 0) is 28.1 Å². The molecule has 1 aromatic rings. The molecule has 0 atom stereocenters. The van der Waals surface area contributed by atoms with Crippen molar-refractivity contribution in [3.05, 3.63) is 28.5 Å². The zero-order chi connectivity index (χ0) is 11.5. The second kappa shape index (κ2) is 5.30. The van der Waals surface area contributed by atoms with Gasteiger partial charge in [0.1, 0.15) is 11.6 Å². The van der Waals surface area contributed by atoms with Crippen LogP contribution in [0.3, 0.4) is 0 Å². The smallest absolute Gasteiger partial charge is 0.136 e. The molecule has 0 aliphatic carbocycles. The molecule has 0 N–H and O–H groups in total. The number of alkyl halides is 1. The van der Waals surface area contributed by atoms with Gasteiger partial charge in [-0.2, -0.15) is 0 Å². The van der Waals surface area contributed by atoms with Crippen LogP contribution in [0.15, 0.2) is 22.7 Å². The Hall–Kier alpha value is -0.0900. The molecular weight excluding hydrogens is 327 g/mol. The summed E-state index contributed by atoms with van der Waals surface area (Å²) in [5, 5.41) is 0.840. The van der Waals surface area contributed by atoms with Crippen LogP contribution in [0.2, 0.25) is 0 Å². The summed E-state index contributed by atoms with van der Waals surface area (Å²) in [6.45, 7) is 4.70. The fraction of sp³-hybridized carbons (Fsp3) is 0.455. The number of ether oxygens (including phenoxy) is 1. The molecule has 0 fully saturated rings. The number of rotatable bonds is 4. The van der Waals surface area contributed by atoms with Gasteiger partial charge in [0.25, 0.3) is 0 Å². The average Bonchev–Trinajstić information content (AvgIpc) is 2.20. The molecule has 0 aliphatic rings. The molecule has 0 heterocycles. The van der Waals surface area contributed by atoms with Gasteiger partial charge >= 0.3 is 0 Å². The summed E-state index contributed by atoms with van der Waals surface area (Å²) in [4.78, 5) is 0. The van der Waals surface area contributed by atoms with Gasteiger partial charge in [0.2, 0.25) is 0 Å². The Balaban J connectivity index is 2.69. The van der Waals surface area contributed by atoms with Gasteiger partial charge in [-0.3, -0.25) is 0 Å². The van der Waals surface area contributed by atoms with Crippen LogP contribution in [0, 0.1) is 11.2 Å². The molecule has 0 spiro atoms. The van der Waals surface area contributed by atoms with Crippen LogP contribution in [0.4, 0.5) is 4.39 Å². The topological polar surface area (TPSA) is 9.23 Å². The largest absolute Gasteiger partial charge is 0.492 e. The first-order valence-corrected chi connectivity index (χ1v) is 6.50. The van der Waals surface area contributed by atoms with Gasteiger partial charge in [0, 0.05) is 16.8 Å². The molecule has 0 amide bonds. The lowest BCUT2D eigenvalue weighted by Crippen LogP contribution is -2.22. The Morgan fingerprint density at radius 2 is 2.07 bits per heavy atom. The van der Waals surface area contributed by atoms with Crippen molar-refractivity contribution in [2.45, 2.75) is 13.8 Å². The lowest BCUT2D eigenvalue weighted by molar-refractivity contribution is 0.201. The molecule has 0 radical (unpaired) electrons. The van der Waals surface area contributed by atoms with E-state index in [9.17, 15) is 4.39 Å². The van der Waals surface area contributed by atoms with Crippen LogP contribution in [-0.2, 0) is 0 Å². The normalized spacial score (nSPS) is 11.5. The summed E-state index contributed by atoms with van der Waals surface area (Å²) in [5.41, 5.74) is 0.0335. The fourth-order valence-corrected chi connectivity index (χ4v) is 1.42. The summed E-state index contributed by atoms with van der Waals surface area (Å²) in [7, 11) is 0. The highest BCUT2D eigenvalue weighted by Gasteiger charge is 2.17. The van der Waals surface area contributed by atoms with Crippen molar-refractivity contribution < 1.29 is 9.13 Å². The van der Waals surface area contributed by atoms with E-state index in [1.165, 1.54) is 12.1 Å². The lowest BCUT2D eigenvalue weighted by Gasteiger charge is -2.22. The van der Waals surface area contributed by atoms with Crippen molar-refractivity contribution in [3.63, 3.8) is 0 Å². The van der Waals surface area contributed by atoms with E-state index in [0.717, 1.165) is 9.80 Å². The molecule has 15 heavy (non-hydrogen) atoms. The Morgan fingerprint density at radius 3 is 2.67 bits per heavy atom. The quantitative estimate of drug-likeness (QED) is 0.739. The molecule has 1 nitrogen and oxygen atoms in total. The number of benzene rings is 1. The molecular formula is C11H13Br2FO. The molecule has 1 aromatic carbocycles. The molecule has 0 saturated heterocycles. The predicted molar refractivity (Wildman–Crippen MR) is 67.2 cm³/mol. The summed E-state index contributed by atoms with van der Waals surface area (Å²) in [5.74, 6) is 0.258. The zero-order valence-corrected chi connectivity index (χ0v) is 11.9. The minimum atomic E-state index is -0.287. The van der Waals surface area contributed by atoms with Gasteiger partial charge in [-0.1, -0.05) is 29.8 Å². The number of hydrogen-bond donors (Lipinski definition) is 0. The van der Waals surface area contributed by atoms with E-state index in [0.29, 0.717) is 12.4 Å². The van der Waals surface area contributed by atoms with E-state index in [-0.39, 0.29) is 11.2 Å². The summed E-state index contributed by atoms with van der Waals surface area (Å²) in [6, 6.07) is 4.42. The van der Waals surface area contributed by atoms with E-state index >= 15 is 0 Å². The second-order valence-corrected chi connectivity index (χ2v) is 5.58. The maximum Gasteiger partial charge on any atom is 0.136 e. The van der Waals surface area contributed by atoms with E-state index < -0.39 is 0 Å². The van der Waals surface area contributed by atoms with Crippen LogP contribution >= 0.6 is 31.9 Å². The number of hydrogen-bond acceptors (Lipinski definition) is 1. The molecule has 0 saturated carbocycles. The highest BCUT2D eigenvalue weighted by atomic mass is 79.9. The van der Waals surface area contributed by atoms with Crippen LogP contribution in [-0.4, -0.2) is 11.9 Å². The average molecular weight is 340 g/mol. The van der Waals surface area contributed by atoms with Crippen molar-refractivity contribution in [1.29, 1.82) is 0 Å². The third-order valence-electron chi connectivity index (χ3n) is 1.87. The van der Waals surface area contributed by atoms with E-state index in [2.05, 4.69) is 45.7 Å². The van der Waals surface area contributed by atoms with Gasteiger partial charge in [-0.25, -0.2) is 4.39 Å². The minimum absolute atomic E-state index is 0.0335. The minimum Gasteiger partial charge on any atom is -0.492 e. The molecule has 1 rings (SSSR count). The molecule has 0 aliphatic heterocycles. The van der Waals surface area contributed by atoms with Gasteiger partial charge in [0.05, 0.1) is 11.1 Å². The van der Waals surface area contributed by atoms with E-state index in [1.54, 1.807) is 6.07 Å². The third-order valence-corrected chi connectivity index (χ3v) is 4.05. The van der Waals surface area contributed by atoms with Crippen LogP contribution in [0.5, 0.6) is 5.75 Å².